The highest BCUT2D eigenvalue weighted by Gasteiger charge is 2.31. The number of anilines is 1. The highest BCUT2D eigenvalue weighted by molar-refractivity contribution is 7.92. The highest BCUT2D eigenvalue weighted by atomic mass is 35.5. The topological polar surface area (TPSA) is 86.8 Å². The molecule has 0 aliphatic heterocycles. The summed E-state index contributed by atoms with van der Waals surface area (Å²) in [6, 6.07) is 18.1. The first-order valence-corrected chi connectivity index (χ1v) is 16.2. The maximum atomic E-state index is 13.8. The van der Waals surface area contributed by atoms with Gasteiger partial charge in [0.15, 0.2) is 0 Å². The highest BCUT2D eigenvalue weighted by Crippen LogP contribution is 2.31. The molecule has 0 aliphatic rings. The van der Waals surface area contributed by atoms with E-state index in [1.165, 1.54) is 17.0 Å². The van der Waals surface area contributed by atoms with Gasteiger partial charge in [-0.3, -0.25) is 13.9 Å². The van der Waals surface area contributed by atoms with Gasteiger partial charge >= 0.3 is 0 Å². The second-order valence-corrected chi connectivity index (χ2v) is 12.9. The number of halogens is 4. The normalized spacial score (nSPS) is 12.0. The van der Waals surface area contributed by atoms with Crippen molar-refractivity contribution in [2.45, 2.75) is 38.8 Å². The summed E-state index contributed by atoms with van der Waals surface area (Å²) < 4.78 is 26.4. The van der Waals surface area contributed by atoms with Gasteiger partial charge in [-0.15, -0.1) is 0 Å². The predicted molar refractivity (Wildman–Crippen MR) is 168 cm³/mol. The first kappa shape index (κ1) is 33.0. The van der Waals surface area contributed by atoms with Crippen molar-refractivity contribution in [3.8, 4) is 0 Å². The van der Waals surface area contributed by atoms with Gasteiger partial charge in [-0.05, 0) is 49.2 Å². The second-order valence-electron chi connectivity index (χ2n) is 9.36. The van der Waals surface area contributed by atoms with Gasteiger partial charge in [-0.2, -0.15) is 0 Å². The van der Waals surface area contributed by atoms with Crippen molar-refractivity contribution in [2.75, 3.05) is 23.7 Å². The number of nitrogens with zero attached hydrogens (tertiary/aromatic N) is 2. The largest absolute Gasteiger partial charge is 0.355 e. The van der Waals surface area contributed by atoms with E-state index in [4.69, 9.17) is 46.4 Å². The summed E-state index contributed by atoms with van der Waals surface area (Å²) in [6.45, 7) is 2.13. The molecule has 3 aromatic rings. The molecule has 12 heteroatoms. The van der Waals surface area contributed by atoms with E-state index in [2.05, 4.69) is 5.32 Å². The minimum atomic E-state index is -3.75. The molecule has 2 amide bonds. The Bertz CT molecular complexity index is 1450. The lowest BCUT2D eigenvalue weighted by atomic mass is 10.0. The molecular formula is C29H31Cl4N3O4S. The van der Waals surface area contributed by atoms with Crippen LogP contribution in [0, 0.1) is 0 Å². The number of sulfonamides is 1. The number of carbonyl (C=O) groups excluding carboxylic acids is 2. The summed E-state index contributed by atoms with van der Waals surface area (Å²) in [5.41, 5.74) is 1.60. The van der Waals surface area contributed by atoms with Gasteiger partial charge in [0, 0.05) is 53.1 Å². The third-order valence-electron chi connectivity index (χ3n) is 6.34. The summed E-state index contributed by atoms with van der Waals surface area (Å²) in [7, 11) is -3.75. The number of rotatable bonds is 13. The first-order chi connectivity index (χ1) is 19.4. The molecule has 0 aromatic heterocycles. The van der Waals surface area contributed by atoms with Crippen LogP contribution >= 0.6 is 46.4 Å². The number of hydrogen-bond donors (Lipinski definition) is 1. The van der Waals surface area contributed by atoms with Crippen LogP contribution in [0.3, 0.4) is 0 Å². The zero-order valence-corrected chi connectivity index (χ0v) is 26.5. The predicted octanol–water partition coefficient (Wildman–Crippen LogP) is 6.62. The van der Waals surface area contributed by atoms with Gasteiger partial charge < -0.3 is 10.2 Å². The molecule has 3 aromatic carbocycles. The lowest BCUT2D eigenvalue weighted by Crippen LogP contribution is -2.50. The van der Waals surface area contributed by atoms with Crippen LogP contribution in [0.15, 0.2) is 66.7 Å². The van der Waals surface area contributed by atoms with Crippen molar-refractivity contribution in [1.29, 1.82) is 0 Å². The van der Waals surface area contributed by atoms with E-state index < -0.39 is 16.1 Å². The maximum absolute atomic E-state index is 13.8. The molecule has 3 rings (SSSR count). The molecule has 0 saturated heterocycles. The van der Waals surface area contributed by atoms with E-state index in [1.807, 2.05) is 30.3 Å². The standard InChI is InChI=1S/C29H31Cl4N3O4S/c1-3-34-29(38)27(17-20-9-5-4-6-10-20)35(19-22-23(31)11-7-12-24(22)32)28(37)13-8-16-36(41(2,39)40)26-18-21(30)14-15-25(26)33/h4-7,9-12,14-15,18,27H,3,8,13,16-17,19H2,1-2H3,(H,34,38)/t27-/m0/s1. The molecule has 220 valence electrons. The van der Waals surface area contributed by atoms with Crippen LogP contribution in [0.4, 0.5) is 5.69 Å². The SMILES string of the molecule is CCNC(=O)[C@H](Cc1ccccc1)N(Cc1c(Cl)cccc1Cl)C(=O)CCCN(c1cc(Cl)ccc1Cl)S(C)(=O)=O. The molecule has 0 radical (unpaired) electrons. The van der Waals surface area contributed by atoms with Crippen LogP contribution in [0.1, 0.15) is 30.9 Å². The van der Waals surface area contributed by atoms with Crippen molar-refractivity contribution in [3.05, 3.63) is 97.9 Å². The summed E-state index contributed by atoms with van der Waals surface area (Å²) in [5.74, 6) is -0.685. The Hall–Kier alpha value is -2.49. The fourth-order valence-electron chi connectivity index (χ4n) is 4.36. The molecule has 0 spiro atoms. The van der Waals surface area contributed by atoms with Gasteiger partial charge in [0.25, 0.3) is 0 Å². The maximum Gasteiger partial charge on any atom is 0.243 e. The van der Waals surface area contributed by atoms with Gasteiger partial charge in [0.2, 0.25) is 21.8 Å². The fourth-order valence-corrected chi connectivity index (χ4v) is 6.28. The molecule has 0 aliphatic carbocycles. The Morgan fingerprint density at radius 1 is 0.902 bits per heavy atom. The quantitative estimate of drug-likeness (QED) is 0.224. The molecule has 7 nitrogen and oxygen atoms in total. The zero-order chi connectivity index (χ0) is 30.2. The fraction of sp³-hybridized carbons (Fsp3) is 0.310. The second kappa shape index (κ2) is 15.1. The zero-order valence-electron chi connectivity index (χ0n) is 22.6. The van der Waals surface area contributed by atoms with Crippen LogP contribution in [0.5, 0.6) is 0 Å². The first-order valence-electron chi connectivity index (χ1n) is 12.9. The van der Waals surface area contributed by atoms with E-state index in [0.29, 0.717) is 27.2 Å². The van der Waals surface area contributed by atoms with Crippen molar-refractivity contribution >= 4 is 73.9 Å². The average Bonchev–Trinajstić information content (AvgIpc) is 2.91. The Balaban J connectivity index is 1.92. The van der Waals surface area contributed by atoms with Gasteiger partial charge in [0.05, 0.1) is 17.0 Å². The molecule has 0 heterocycles. The van der Waals surface area contributed by atoms with E-state index in [1.54, 1.807) is 31.2 Å². The van der Waals surface area contributed by atoms with Crippen molar-refractivity contribution in [2.24, 2.45) is 0 Å². The van der Waals surface area contributed by atoms with Crippen LogP contribution in [0.25, 0.3) is 0 Å². The van der Waals surface area contributed by atoms with Crippen LogP contribution in [-0.2, 0) is 32.6 Å². The number of nitrogens with one attached hydrogen (secondary N) is 1. The Morgan fingerprint density at radius 2 is 1.56 bits per heavy atom. The summed E-state index contributed by atoms with van der Waals surface area (Å²) in [4.78, 5) is 28.6. The lowest BCUT2D eigenvalue weighted by Gasteiger charge is -2.32. The Morgan fingerprint density at radius 3 is 2.17 bits per heavy atom. The Kier molecular flexibility index (Phi) is 12.2. The van der Waals surface area contributed by atoms with Gasteiger partial charge in [-0.25, -0.2) is 8.42 Å². The molecule has 1 atom stereocenters. The third-order valence-corrected chi connectivity index (χ3v) is 8.78. The lowest BCUT2D eigenvalue weighted by molar-refractivity contribution is -0.141. The Labute approximate surface area is 261 Å². The summed E-state index contributed by atoms with van der Waals surface area (Å²) >= 11 is 25.3. The molecule has 0 bridgehead atoms. The third kappa shape index (κ3) is 9.25. The van der Waals surface area contributed by atoms with Crippen molar-refractivity contribution < 1.29 is 18.0 Å². The van der Waals surface area contributed by atoms with Gasteiger partial charge in [-0.1, -0.05) is 82.8 Å². The monoisotopic (exact) mass is 657 g/mol. The average molecular weight is 659 g/mol. The molecule has 41 heavy (non-hydrogen) atoms. The van der Waals surface area contributed by atoms with Crippen molar-refractivity contribution in [3.63, 3.8) is 0 Å². The molecule has 0 saturated carbocycles. The number of benzene rings is 3. The number of carbonyl (C=O) groups is 2. The summed E-state index contributed by atoms with van der Waals surface area (Å²) in [5, 5.41) is 4.09. The molecular weight excluding hydrogens is 628 g/mol. The smallest absolute Gasteiger partial charge is 0.243 e. The van der Waals surface area contributed by atoms with Crippen LogP contribution < -0.4 is 9.62 Å². The molecule has 0 fully saturated rings. The van der Waals surface area contributed by atoms with E-state index in [-0.39, 0.29) is 54.9 Å². The van der Waals surface area contributed by atoms with Crippen LogP contribution in [-0.4, -0.2) is 50.5 Å². The van der Waals surface area contributed by atoms with E-state index >= 15 is 0 Å². The van der Waals surface area contributed by atoms with Gasteiger partial charge in [0.1, 0.15) is 6.04 Å². The molecule has 0 unspecified atom stereocenters. The summed E-state index contributed by atoms with van der Waals surface area (Å²) in [6.07, 6.45) is 1.41. The molecule has 1 N–H and O–H groups in total. The number of hydrogen-bond acceptors (Lipinski definition) is 4. The van der Waals surface area contributed by atoms with Crippen molar-refractivity contribution in [1.82, 2.24) is 10.2 Å². The number of amides is 2. The minimum Gasteiger partial charge on any atom is -0.355 e. The number of likely N-dealkylation sites (N-methyl/N-ethyl adjacent to an activating group) is 1. The van der Waals surface area contributed by atoms with E-state index in [9.17, 15) is 18.0 Å². The minimum absolute atomic E-state index is 0.0120. The van der Waals surface area contributed by atoms with E-state index in [0.717, 1.165) is 16.1 Å². The van der Waals surface area contributed by atoms with Crippen LogP contribution in [0.2, 0.25) is 20.1 Å².